The van der Waals surface area contributed by atoms with Crippen molar-refractivity contribution < 1.29 is 28.6 Å². The Labute approximate surface area is 507 Å². The molecule has 0 radical (unpaired) electrons. The molecule has 82 heavy (non-hydrogen) atoms. The van der Waals surface area contributed by atoms with Gasteiger partial charge in [0.2, 0.25) is 0 Å². The second-order valence-electron chi connectivity index (χ2n) is 22.7. The first-order valence-electron chi connectivity index (χ1n) is 34.5. The molecule has 0 N–H and O–H groups in total. The third kappa shape index (κ3) is 66.6. The predicted octanol–water partition coefficient (Wildman–Crippen LogP) is 23.9. The molecule has 0 aliphatic heterocycles. The summed E-state index contributed by atoms with van der Waals surface area (Å²) in [4.78, 5) is 38.3. The van der Waals surface area contributed by atoms with Gasteiger partial charge in [-0.1, -0.05) is 309 Å². The summed E-state index contributed by atoms with van der Waals surface area (Å²) in [5, 5.41) is 0. The van der Waals surface area contributed by atoms with Crippen molar-refractivity contribution >= 4 is 17.9 Å². The number of ether oxygens (including phenoxy) is 3. The fraction of sp³-hybridized carbons (Fsp3) is 0.697. The zero-order valence-electron chi connectivity index (χ0n) is 53.7. The summed E-state index contributed by atoms with van der Waals surface area (Å²) in [6.45, 7) is 6.51. The molecule has 0 heterocycles. The highest BCUT2D eigenvalue weighted by Crippen LogP contribution is 2.16. The quantitative estimate of drug-likeness (QED) is 0.0261. The molecule has 6 nitrogen and oxygen atoms in total. The van der Waals surface area contributed by atoms with Crippen LogP contribution in [0.1, 0.15) is 323 Å². The summed E-state index contributed by atoms with van der Waals surface area (Å²) in [7, 11) is 0. The van der Waals surface area contributed by atoms with E-state index in [9.17, 15) is 14.4 Å². The molecular formula is C76H128O6. The van der Waals surface area contributed by atoms with E-state index in [2.05, 4.69) is 142 Å². The summed E-state index contributed by atoms with van der Waals surface area (Å²) < 4.78 is 16.9. The van der Waals surface area contributed by atoms with Gasteiger partial charge in [0.05, 0.1) is 0 Å². The van der Waals surface area contributed by atoms with Gasteiger partial charge >= 0.3 is 17.9 Å². The van der Waals surface area contributed by atoms with Gasteiger partial charge in [0.15, 0.2) is 6.10 Å². The highest BCUT2D eigenvalue weighted by atomic mass is 16.6. The van der Waals surface area contributed by atoms with Crippen LogP contribution in [0.15, 0.2) is 122 Å². The summed E-state index contributed by atoms with van der Waals surface area (Å²) in [6.07, 6.45) is 96.5. The van der Waals surface area contributed by atoms with Crippen molar-refractivity contribution in [2.75, 3.05) is 13.2 Å². The maximum atomic E-state index is 12.9. The van der Waals surface area contributed by atoms with Gasteiger partial charge in [-0.3, -0.25) is 14.4 Å². The van der Waals surface area contributed by atoms with E-state index in [0.717, 1.165) is 128 Å². The molecule has 0 spiro atoms. The molecule has 1 atom stereocenters. The van der Waals surface area contributed by atoms with Gasteiger partial charge in [-0.25, -0.2) is 0 Å². The third-order valence-corrected chi connectivity index (χ3v) is 14.7. The minimum absolute atomic E-state index is 0.0819. The summed E-state index contributed by atoms with van der Waals surface area (Å²) in [5.41, 5.74) is 0. The lowest BCUT2D eigenvalue weighted by Crippen LogP contribution is -2.30. The van der Waals surface area contributed by atoms with Gasteiger partial charge in [0.1, 0.15) is 13.2 Å². The Morgan fingerprint density at radius 2 is 0.476 bits per heavy atom. The van der Waals surface area contributed by atoms with Gasteiger partial charge in [-0.15, -0.1) is 0 Å². The number of carbonyl (C=O) groups is 3. The van der Waals surface area contributed by atoms with E-state index in [1.165, 1.54) is 154 Å². The van der Waals surface area contributed by atoms with Crippen LogP contribution in [0.5, 0.6) is 0 Å². The van der Waals surface area contributed by atoms with E-state index < -0.39 is 6.10 Å². The maximum absolute atomic E-state index is 12.9. The summed E-state index contributed by atoms with van der Waals surface area (Å²) >= 11 is 0. The largest absolute Gasteiger partial charge is 0.462 e. The van der Waals surface area contributed by atoms with Crippen molar-refractivity contribution in [1.82, 2.24) is 0 Å². The van der Waals surface area contributed by atoms with E-state index in [0.29, 0.717) is 19.3 Å². The van der Waals surface area contributed by atoms with E-state index >= 15 is 0 Å². The Hall–Kier alpha value is -4.19. The lowest BCUT2D eigenvalue weighted by atomic mass is 10.1. The van der Waals surface area contributed by atoms with Gasteiger partial charge < -0.3 is 14.2 Å². The number of rotatable bonds is 62. The molecule has 0 saturated heterocycles. The Balaban J connectivity index is 4.25. The second kappa shape index (κ2) is 69.3. The van der Waals surface area contributed by atoms with Crippen LogP contribution in [0.25, 0.3) is 0 Å². The van der Waals surface area contributed by atoms with E-state index in [1.54, 1.807) is 0 Å². The minimum atomic E-state index is -0.786. The van der Waals surface area contributed by atoms with E-state index in [4.69, 9.17) is 14.2 Å². The SMILES string of the molecule is CC/C=C\C/C=C\C/C=C\C/C=C\C/C=C\C/C=C\C/C=C\CCCCCCCCCCCC(=O)OCC(COC(=O)CCCCCCCCCCCC)OC(=O)CCCCCCCCCC/C=C\C/C=C\C/C=C\CCCCCCC. The zero-order chi connectivity index (χ0) is 59.2. The number of carbonyl (C=O) groups excluding carboxylic acids is 3. The fourth-order valence-electron chi connectivity index (χ4n) is 9.55. The Bertz CT molecular complexity index is 1690. The molecule has 0 bridgehead atoms. The van der Waals surface area contributed by atoms with Crippen molar-refractivity contribution in [3.8, 4) is 0 Å². The lowest BCUT2D eigenvalue weighted by molar-refractivity contribution is -0.167. The van der Waals surface area contributed by atoms with Crippen LogP contribution in [-0.4, -0.2) is 37.2 Å². The van der Waals surface area contributed by atoms with Crippen LogP contribution in [0.2, 0.25) is 0 Å². The van der Waals surface area contributed by atoms with Crippen LogP contribution in [0.3, 0.4) is 0 Å². The number of hydrogen-bond acceptors (Lipinski definition) is 6. The molecule has 0 fully saturated rings. The van der Waals surface area contributed by atoms with Crippen LogP contribution >= 0.6 is 0 Å². The van der Waals surface area contributed by atoms with Gasteiger partial charge in [-0.2, -0.15) is 0 Å². The number of allylic oxidation sites excluding steroid dienone is 20. The highest BCUT2D eigenvalue weighted by Gasteiger charge is 2.19. The molecule has 0 rings (SSSR count). The first-order valence-corrected chi connectivity index (χ1v) is 34.5. The van der Waals surface area contributed by atoms with Gasteiger partial charge in [0, 0.05) is 19.3 Å². The van der Waals surface area contributed by atoms with Crippen molar-refractivity contribution in [3.63, 3.8) is 0 Å². The molecule has 0 aromatic heterocycles. The first kappa shape index (κ1) is 77.8. The molecule has 0 aliphatic rings. The molecular weight excluding hydrogens is 1010 g/mol. The summed E-state index contributed by atoms with van der Waals surface area (Å²) in [6, 6.07) is 0. The molecule has 468 valence electrons. The monoisotopic (exact) mass is 1140 g/mol. The third-order valence-electron chi connectivity index (χ3n) is 14.7. The molecule has 0 aliphatic carbocycles. The molecule has 1 unspecified atom stereocenters. The normalized spacial score (nSPS) is 12.9. The smallest absolute Gasteiger partial charge is 0.306 e. The standard InChI is InChI=1S/C76H128O6/c1-4-7-10-13-16-19-22-24-26-28-30-32-34-35-36-37-38-39-40-41-43-44-46-48-50-52-54-57-60-63-66-69-75(78)81-72-73(71-80-74(77)68-65-62-59-56-21-18-15-12-9-6-3)82-76(79)70-67-64-61-58-55-53-51-49-47-45-42-33-31-29-27-25-23-20-17-14-11-8-5-2/h7,10,16,19,23-26,29-32,35-36,38-39,41-43,45,73H,4-6,8-9,11-15,17-18,20-22,27-28,33-34,37,40,44,46-72H2,1-3H3/b10-7-,19-16-,25-23-,26-24-,31-29-,32-30-,36-35-,39-38-,43-41-,45-42-. The molecule has 0 saturated carbocycles. The second-order valence-corrected chi connectivity index (χ2v) is 22.7. The number of hydrogen-bond donors (Lipinski definition) is 0. The lowest BCUT2D eigenvalue weighted by Gasteiger charge is -2.18. The topological polar surface area (TPSA) is 78.9 Å². The van der Waals surface area contributed by atoms with Crippen LogP contribution in [0.4, 0.5) is 0 Å². The minimum Gasteiger partial charge on any atom is -0.462 e. The molecule has 0 aromatic carbocycles. The number of esters is 3. The van der Waals surface area contributed by atoms with E-state index in [1.807, 2.05) is 0 Å². The van der Waals surface area contributed by atoms with Gasteiger partial charge in [-0.05, 0) is 116 Å². The fourth-order valence-corrected chi connectivity index (χ4v) is 9.55. The first-order chi connectivity index (χ1) is 40.5. The van der Waals surface area contributed by atoms with E-state index in [-0.39, 0.29) is 31.1 Å². The van der Waals surface area contributed by atoms with Crippen molar-refractivity contribution in [3.05, 3.63) is 122 Å². The summed E-state index contributed by atoms with van der Waals surface area (Å²) in [5.74, 6) is -0.889. The van der Waals surface area contributed by atoms with Crippen LogP contribution in [0, 0.1) is 0 Å². The highest BCUT2D eigenvalue weighted by molar-refractivity contribution is 5.71. The van der Waals surface area contributed by atoms with Crippen molar-refractivity contribution in [2.45, 2.75) is 329 Å². The number of unbranched alkanes of at least 4 members (excludes halogenated alkanes) is 31. The Kier molecular flexibility index (Phi) is 65.8. The average Bonchev–Trinajstić information content (AvgIpc) is 3.47. The van der Waals surface area contributed by atoms with Crippen molar-refractivity contribution in [2.24, 2.45) is 0 Å². The molecule has 0 amide bonds. The maximum Gasteiger partial charge on any atom is 0.306 e. The molecule has 6 heteroatoms. The zero-order valence-corrected chi connectivity index (χ0v) is 53.7. The Morgan fingerprint density at radius 3 is 0.744 bits per heavy atom. The Morgan fingerprint density at radius 1 is 0.256 bits per heavy atom. The predicted molar refractivity (Wildman–Crippen MR) is 357 cm³/mol. The molecule has 0 aromatic rings. The van der Waals surface area contributed by atoms with Crippen LogP contribution < -0.4 is 0 Å². The van der Waals surface area contributed by atoms with Crippen molar-refractivity contribution in [1.29, 1.82) is 0 Å². The van der Waals surface area contributed by atoms with Crippen LogP contribution in [-0.2, 0) is 28.6 Å². The van der Waals surface area contributed by atoms with Gasteiger partial charge in [0.25, 0.3) is 0 Å². The average molecular weight is 1140 g/mol.